The number of fused-ring (bicyclic) bond motifs is 1. The fourth-order valence-electron chi connectivity index (χ4n) is 2.58. The molecule has 0 radical (unpaired) electrons. The van der Waals surface area contributed by atoms with Crippen molar-refractivity contribution in [1.29, 1.82) is 0 Å². The van der Waals surface area contributed by atoms with Crippen molar-refractivity contribution >= 4 is 38.3 Å². The third-order valence-electron chi connectivity index (χ3n) is 3.87. The summed E-state index contributed by atoms with van der Waals surface area (Å²) in [5.41, 5.74) is 9.01. The molecule has 0 fully saturated rings. The Kier molecular flexibility index (Phi) is 4.90. The van der Waals surface area contributed by atoms with Gasteiger partial charge >= 0.3 is 0 Å². The van der Waals surface area contributed by atoms with E-state index >= 15 is 0 Å². The lowest BCUT2D eigenvalue weighted by atomic mass is 10.0. The Bertz CT molecular complexity index is 901. The van der Waals surface area contributed by atoms with Gasteiger partial charge in [0.2, 0.25) is 0 Å². The standard InChI is InChI=1S/C19H21N3O2S/c1-4-24-15-9-14(10-16-17(15)22-19(20)25-16)21-18(23)13-7-5-12(6-8-13)11(2)3/h5-11H,4H2,1-3H3,(H2,20,22)(H,21,23). The van der Waals surface area contributed by atoms with Gasteiger partial charge in [0.25, 0.3) is 5.91 Å². The van der Waals surface area contributed by atoms with Crippen molar-refractivity contribution in [3.63, 3.8) is 0 Å². The van der Waals surface area contributed by atoms with E-state index in [2.05, 4.69) is 24.1 Å². The van der Waals surface area contributed by atoms with Gasteiger partial charge in [0.05, 0.1) is 11.3 Å². The second-order valence-corrected chi connectivity index (χ2v) is 7.10. The van der Waals surface area contributed by atoms with Crippen molar-refractivity contribution in [3.05, 3.63) is 47.5 Å². The topological polar surface area (TPSA) is 77.2 Å². The zero-order valence-electron chi connectivity index (χ0n) is 14.5. The predicted octanol–water partition coefficient (Wildman–Crippen LogP) is 4.65. The average molecular weight is 355 g/mol. The molecule has 130 valence electrons. The van der Waals surface area contributed by atoms with E-state index in [1.165, 1.54) is 16.9 Å². The molecular formula is C19H21N3O2S. The Labute approximate surface area is 150 Å². The lowest BCUT2D eigenvalue weighted by Gasteiger charge is -2.10. The number of nitrogens with zero attached hydrogens (tertiary/aromatic N) is 1. The Morgan fingerprint density at radius 2 is 2.00 bits per heavy atom. The second-order valence-electron chi connectivity index (χ2n) is 6.04. The second kappa shape index (κ2) is 7.11. The molecule has 25 heavy (non-hydrogen) atoms. The molecule has 1 amide bonds. The summed E-state index contributed by atoms with van der Waals surface area (Å²) in [5, 5.41) is 3.40. The van der Waals surface area contributed by atoms with E-state index in [-0.39, 0.29) is 5.91 Å². The number of anilines is 2. The molecule has 0 saturated carbocycles. The van der Waals surface area contributed by atoms with Crippen LogP contribution in [-0.4, -0.2) is 17.5 Å². The number of nitrogens with two attached hydrogens (primary N) is 1. The van der Waals surface area contributed by atoms with Gasteiger partial charge in [-0.3, -0.25) is 4.79 Å². The average Bonchev–Trinajstić information content (AvgIpc) is 2.95. The molecule has 3 rings (SSSR count). The Hall–Kier alpha value is -2.60. The van der Waals surface area contributed by atoms with E-state index in [9.17, 15) is 4.79 Å². The molecule has 0 aliphatic carbocycles. The number of hydrogen-bond donors (Lipinski definition) is 2. The first-order valence-electron chi connectivity index (χ1n) is 8.22. The Morgan fingerprint density at radius 1 is 1.28 bits per heavy atom. The van der Waals surface area contributed by atoms with Gasteiger partial charge in [-0.05, 0) is 36.6 Å². The fraction of sp³-hybridized carbons (Fsp3) is 0.263. The molecule has 0 unspecified atom stereocenters. The summed E-state index contributed by atoms with van der Waals surface area (Å²) >= 11 is 1.37. The highest BCUT2D eigenvalue weighted by atomic mass is 32.1. The van der Waals surface area contributed by atoms with E-state index in [0.29, 0.717) is 34.7 Å². The number of rotatable bonds is 5. The summed E-state index contributed by atoms with van der Waals surface area (Å²) in [7, 11) is 0. The van der Waals surface area contributed by atoms with Gasteiger partial charge in [-0.2, -0.15) is 0 Å². The molecule has 2 aromatic carbocycles. The molecule has 3 N–H and O–H groups in total. The number of nitrogen functional groups attached to an aromatic ring is 1. The molecular weight excluding hydrogens is 334 g/mol. The summed E-state index contributed by atoms with van der Waals surface area (Å²) in [6.07, 6.45) is 0. The van der Waals surface area contributed by atoms with E-state index in [4.69, 9.17) is 10.5 Å². The SMILES string of the molecule is CCOc1cc(NC(=O)c2ccc(C(C)C)cc2)cc2sc(N)nc12. The minimum Gasteiger partial charge on any atom is -0.491 e. The number of amides is 1. The number of carbonyl (C=O) groups is 1. The molecule has 0 aliphatic heterocycles. The van der Waals surface area contributed by atoms with Crippen LogP contribution in [-0.2, 0) is 0 Å². The maximum absolute atomic E-state index is 12.5. The van der Waals surface area contributed by atoms with Crippen LogP contribution < -0.4 is 15.8 Å². The van der Waals surface area contributed by atoms with Crippen molar-refractivity contribution in [2.45, 2.75) is 26.7 Å². The van der Waals surface area contributed by atoms with Crippen molar-refractivity contribution < 1.29 is 9.53 Å². The first-order valence-corrected chi connectivity index (χ1v) is 9.03. The molecule has 5 nitrogen and oxygen atoms in total. The molecule has 1 heterocycles. The summed E-state index contributed by atoms with van der Waals surface area (Å²) < 4.78 is 6.52. The quantitative estimate of drug-likeness (QED) is 0.698. The van der Waals surface area contributed by atoms with Crippen LogP contribution in [0.3, 0.4) is 0 Å². The number of aromatic nitrogens is 1. The molecule has 0 spiro atoms. The molecule has 0 bridgehead atoms. The lowest BCUT2D eigenvalue weighted by molar-refractivity contribution is 0.102. The zero-order chi connectivity index (χ0) is 18.0. The molecule has 6 heteroatoms. The van der Waals surface area contributed by atoms with Crippen molar-refractivity contribution in [3.8, 4) is 5.75 Å². The molecule has 3 aromatic rings. The minimum atomic E-state index is -0.158. The third kappa shape index (κ3) is 3.74. The maximum Gasteiger partial charge on any atom is 0.255 e. The van der Waals surface area contributed by atoms with Gasteiger partial charge in [0.1, 0.15) is 11.3 Å². The molecule has 1 aromatic heterocycles. The van der Waals surface area contributed by atoms with E-state index in [1.54, 1.807) is 6.07 Å². The highest BCUT2D eigenvalue weighted by Crippen LogP contribution is 2.34. The van der Waals surface area contributed by atoms with Crippen LogP contribution in [0.1, 0.15) is 42.6 Å². The largest absolute Gasteiger partial charge is 0.491 e. The van der Waals surface area contributed by atoms with Crippen LogP contribution in [0.2, 0.25) is 0 Å². The van der Waals surface area contributed by atoms with Gasteiger partial charge in [-0.25, -0.2) is 4.98 Å². The van der Waals surface area contributed by atoms with Crippen LogP contribution in [0.4, 0.5) is 10.8 Å². The van der Waals surface area contributed by atoms with Crippen molar-refractivity contribution in [1.82, 2.24) is 4.98 Å². The normalized spacial score (nSPS) is 11.0. The van der Waals surface area contributed by atoms with Crippen LogP contribution in [0, 0.1) is 0 Å². The first-order chi connectivity index (χ1) is 12.0. The first kappa shape index (κ1) is 17.2. The zero-order valence-corrected chi connectivity index (χ0v) is 15.3. The molecule has 0 aliphatic rings. The maximum atomic E-state index is 12.5. The lowest BCUT2D eigenvalue weighted by Crippen LogP contribution is -2.12. The fourth-order valence-corrected chi connectivity index (χ4v) is 3.37. The van der Waals surface area contributed by atoms with Gasteiger partial charge < -0.3 is 15.8 Å². The van der Waals surface area contributed by atoms with Crippen LogP contribution in [0.25, 0.3) is 10.2 Å². The predicted molar refractivity (Wildman–Crippen MR) is 104 cm³/mol. The number of nitrogens with one attached hydrogen (secondary N) is 1. The number of carbonyl (C=O) groups excluding carboxylic acids is 1. The summed E-state index contributed by atoms with van der Waals surface area (Å²) in [6.45, 7) is 6.67. The number of benzene rings is 2. The van der Waals surface area contributed by atoms with Crippen LogP contribution >= 0.6 is 11.3 Å². The summed E-state index contributed by atoms with van der Waals surface area (Å²) in [4.78, 5) is 16.8. The Morgan fingerprint density at radius 3 is 2.64 bits per heavy atom. The minimum absolute atomic E-state index is 0.158. The smallest absolute Gasteiger partial charge is 0.255 e. The van der Waals surface area contributed by atoms with E-state index in [1.807, 2.05) is 37.3 Å². The van der Waals surface area contributed by atoms with Gasteiger partial charge in [0, 0.05) is 17.3 Å². The van der Waals surface area contributed by atoms with Crippen LogP contribution in [0.5, 0.6) is 5.75 Å². The van der Waals surface area contributed by atoms with E-state index < -0.39 is 0 Å². The van der Waals surface area contributed by atoms with Crippen molar-refractivity contribution in [2.75, 3.05) is 17.7 Å². The summed E-state index contributed by atoms with van der Waals surface area (Å²) in [5.74, 6) is 0.901. The van der Waals surface area contributed by atoms with Gasteiger partial charge in [-0.15, -0.1) is 0 Å². The van der Waals surface area contributed by atoms with Crippen LogP contribution in [0.15, 0.2) is 36.4 Å². The van der Waals surface area contributed by atoms with Crippen molar-refractivity contribution in [2.24, 2.45) is 0 Å². The number of hydrogen-bond acceptors (Lipinski definition) is 5. The summed E-state index contributed by atoms with van der Waals surface area (Å²) in [6, 6.07) is 11.3. The molecule has 0 saturated heterocycles. The Balaban J connectivity index is 1.87. The van der Waals surface area contributed by atoms with E-state index in [0.717, 1.165) is 10.2 Å². The highest BCUT2D eigenvalue weighted by Gasteiger charge is 2.13. The highest BCUT2D eigenvalue weighted by molar-refractivity contribution is 7.22. The third-order valence-corrected chi connectivity index (χ3v) is 4.71. The number of thiazole rings is 1. The number of ether oxygens (including phenoxy) is 1. The van der Waals surface area contributed by atoms with Gasteiger partial charge in [-0.1, -0.05) is 37.3 Å². The molecule has 0 atom stereocenters. The monoisotopic (exact) mass is 355 g/mol. The van der Waals surface area contributed by atoms with Gasteiger partial charge in [0.15, 0.2) is 5.13 Å².